The molecule has 4 nitrogen and oxygen atoms in total. The van der Waals surface area contributed by atoms with Crippen LogP contribution < -0.4 is 4.90 Å². The van der Waals surface area contributed by atoms with Gasteiger partial charge in [0.1, 0.15) is 0 Å². The molecule has 3 heterocycles. The molecule has 4 aromatic rings. The van der Waals surface area contributed by atoms with Gasteiger partial charge in [0.25, 0.3) is 5.91 Å². The van der Waals surface area contributed by atoms with Crippen LogP contribution in [0.3, 0.4) is 0 Å². The third-order valence-corrected chi connectivity index (χ3v) is 6.41. The zero-order valence-corrected chi connectivity index (χ0v) is 17.3. The van der Waals surface area contributed by atoms with E-state index in [-0.39, 0.29) is 5.91 Å². The summed E-state index contributed by atoms with van der Waals surface area (Å²) in [5.74, 6) is -0.107. The first-order valence-electron chi connectivity index (χ1n) is 9.36. The Balaban J connectivity index is 1.58. The molecule has 0 aliphatic carbocycles. The molecule has 0 radical (unpaired) electrons. The number of pyridine rings is 1. The zero-order valence-electron chi connectivity index (χ0n) is 15.7. The summed E-state index contributed by atoms with van der Waals surface area (Å²) in [5, 5.41) is 2.42. The molecule has 1 fully saturated rings. The number of para-hydroxylation sites is 1. The van der Waals surface area contributed by atoms with E-state index < -0.39 is 0 Å². The molecule has 0 atom stereocenters. The molecular weight excluding hydrogens is 398 g/mol. The van der Waals surface area contributed by atoms with E-state index in [0.717, 1.165) is 12.1 Å². The number of carbonyl (C=O) groups is 1. The van der Waals surface area contributed by atoms with Crippen molar-refractivity contribution in [3.63, 3.8) is 0 Å². The Morgan fingerprint density at radius 3 is 2.69 bits per heavy atom. The maximum atomic E-state index is 13.0. The number of amides is 1. The third kappa shape index (κ3) is 2.96. The van der Waals surface area contributed by atoms with Gasteiger partial charge < -0.3 is 4.57 Å². The Labute approximate surface area is 177 Å². The number of fused-ring (bicyclic) bond motifs is 3. The molecule has 29 heavy (non-hydrogen) atoms. The maximum absolute atomic E-state index is 13.0. The van der Waals surface area contributed by atoms with Gasteiger partial charge in [-0.2, -0.15) is 0 Å². The number of anilines is 1. The van der Waals surface area contributed by atoms with Gasteiger partial charge in [-0.05, 0) is 48.9 Å². The fourth-order valence-corrected chi connectivity index (χ4v) is 5.13. The fraction of sp³-hybridized carbons (Fsp3) is 0.0870. The first-order valence-corrected chi connectivity index (χ1v) is 10.6. The molecular formula is C23H17N3OS2. The predicted octanol–water partition coefficient (Wildman–Crippen LogP) is 5.62. The summed E-state index contributed by atoms with van der Waals surface area (Å²) in [4.78, 5) is 19.2. The second-order valence-electron chi connectivity index (χ2n) is 6.77. The molecule has 0 spiro atoms. The Kier molecular flexibility index (Phi) is 4.45. The van der Waals surface area contributed by atoms with Gasteiger partial charge in [-0.15, -0.1) is 0 Å². The average molecular weight is 416 g/mol. The van der Waals surface area contributed by atoms with E-state index in [9.17, 15) is 4.79 Å². The Bertz CT molecular complexity index is 1310. The first kappa shape index (κ1) is 18.1. The molecule has 1 aliphatic heterocycles. The van der Waals surface area contributed by atoms with E-state index in [1.165, 1.54) is 33.6 Å². The molecule has 2 aromatic carbocycles. The number of hydrogen-bond donors (Lipinski definition) is 0. The molecule has 2 aromatic heterocycles. The zero-order chi connectivity index (χ0) is 20.0. The summed E-state index contributed by atoms with van der Waals surface area (Å²) in [7, 11) is 0. The Morgan fingerprint density at radius 2 is 1.90 bits per heavy atom. The topological polar surface area (TPSA) is 38.1 Å². The molecule has 0 N–H and O–H groups in total. The van der Waals surface area contributed by atoms with Crippen molar-refractivity contribution >= 4 is 67.8 Å². The minimum atomic E-state index is -0.107. The SMILES string of the molecule is CCn1c2ccccc2c2cc(/C=C3\SC(=S)N(c4cccnc4)C3=O)ccc21. The van der Waals surface area contributed by atoms with Gasteiger partial charge in [-0.3, -0.25) is 14.7 Å². The lowest BCUT2D eigenvalue weighted by Crippen LogP contribution is -2.27. The van der Waals surface area contributed by atoms with Gasteiger partial charge in [-0.1, -0.05) is 48.2 Å². The monoisotopic (exact) mass is 415 g/mol. The van der Waals surface area contributed by atoms with Crippen molar-refractivity contribution in [3.8, 4) is 0 Å². The lowest BCUT2D eigenvalue weighted by Gasteiger charge is -2.13. The van der Waals surface area contributed by atoms with Gasteiger partial charge in [0.2, 0.25) is 0 Å². The summed E-state index contributed by atoms with van der Waals surface area (Å²) in [6.45, 7) is 3.07. The average Bonchev–Trinajstić information content (AvgIpc) is 3.21. The molecule has 1 amide bonds. The van der Waals surface area contributed by atoms with Crippen LogP contribution >= 0.6 is 24.0 Å². The van der Waals surface area contributed by atoms with Gasteiger partial charge >= 0.3 is 0 Å². The van der Waals surface area contributed by atoms with Gasteiger partial charge in [0.15, 0.2) is 4.32 Å². The van der Waals surface area contributed by atoms with Crippen LogP contribution in [0.15, 0.2) is 71.9 Å². The maximum Gasteiger partial charge on any atom is 0.270 e. The molecule has 0 unspecified atom stereocenters. The number of aromatic nitrogens is 2. The second-order valence-corrected chi connectivity index (χ2v) is 8.44. The highest BCUT2D eigenvalue weighted by Crippen LogP contribution is 2.36. The van der Waals surface area contributed by atoms with Crippen LogP contribution in [-0.4, -0.2) is 19.8 Å². The summed E-state index contributed by atoms with van der Waals surface area (Å²) >= 11 is 6.77. The molecule has 142 valence electrons. The van der Waals surface area contributed by atoms with Gasteiger partial charge in [0.05, 0.1) is 16.8 Å². The van der Waals surface area contributed by atoms with E-state index in [1.807, 2.05) is 12.1 Å². The number of carbonyl (C=O) groups excluding carboxylic acids is 1. The minimum Gasteiger partial charge on any atom is -0.341 e. The number of aryl methyl sites for hydroxylation is 1. The molecule has 1 saturated heterocycles. The van der Waals surface area contributed by atoms with Crippen molar-refractivity contribution in [2.45, 2.75) is 13.5 Å². The van der Waals surface area contributed by atoms with Crippen LogP contribution in [0.5, 0.6) is 0 Å². The first-order chi connectivity index (χ1) is 14.2. The van der Waals surface area contributed by atoms with Crippen LogP contribution in [-0.2, 0) is 11.3 Å². The van der Waals surface area contributed by atoms with Crippen molar-refractivity contribution in [3.05, 3.63) is 77.5 Å². The fourth-order valence-electron chi connectivity index (χ4n) is 3.83. The van der Waals surface area contributed by atoms with Crippen LogP contribution in [0.2, 0.25) is 0 Å². The summed E-state index contributed by atoms with van der Waals surface area (Å²) in [6.07, 6.45) is 5.26. The third-order valence-electron chi connectivity index (χ3n) is 5.11. The van der Waals surface area contributed by atoms with Crippen LogP contribution in [0.1, 0.15) is 12.5 Å². The molecule has 6 heteroatoms. The minimum absolute atomic E-state index is 0.107. The smallest absolute Gasteiger partial charge is 0.270 e. The van der Waals surface area contributed by atoms with Gasteiger partial charge in [0, 0.05) is 34.5 Å². The normalized spacial score (nSPS) is 15.9. The Morgan fingerprint density at radius 1 is 1.07 bits per heavy atom. The van der Waals surface area contributed by atoms with Crippen molar-refractivity contribution in [1.29, 1.82) is 0 Å². The highest BCUT2D eigenvalue weighted by Gasteiger charge is 2.33. The lowest BCUT2D eigenvalue weighted by atomic mass is 10.1. The lowest BCUT2D eigenvalue weighted by molar-refractivity contribution is -0.113. The van der Waals surface area contributed by atoms with Crippen LogP contribution in [0.4, 0.5) is 5.69 Å². The van der Waals surface area contributed by atoms with Crippen molar-refractivity contribution in [2.24, 2.45) is 0 Å². The number of benzene rings is 2. The van der Waals surface area contributed by atoms with Crippen LogP contribution in [0.25, 0.3) is 27.9 Å². The number of thioether (sulfide) groups is 1. The standard InChI is InChI=1S/C23H17N3OS2/c1-2-25-19-8-4-3-7-17(19)18-12-15(9-10-20(18)25)13-21-22(27)26(23(28)29-21)16-6-5-11-24-14-16/h3-14H,2H2,1H3/b21-13-. The largest absolute Gasteiger partial charge is 0.341 e. The van der Waals surface area contributed by atoms with E-state index in [4.69, 9.17) is 12.2 Å². The quantitative estimate of drug-likeness (QED) is 0.322. The van der Waals surface area contributed by atoms with E-state index in [2.05, 4.69) is 58.9 Å². The van der Waals surface area contributed by atoms with E-state index in [0.29, 0.717) is 14.9 Å². The van der Waals surface area contributed by atoms with Crippen molar-refractivity contribution in [2.75, 3.05) is 4.90 Å². The highest BCUT2D eigenvalue weighted by atomic mass is 32.2. The van der Waals surface area contributed by atoms with Crippen molar-refractivity contribution < 1.29 is 4.79 Å². The van der Waals surface area contributed by atoms with Crippen LogP contribution in [0, 0.1) is 0 Å². The Hall–Kier alpha value is -2.96. The number of nitrogens with zero attached hydrogens (tertiary/aromatic N) is 3. The number of thiocarbonyl (C=S) groups is 1. The molecule has 1 aliphatic rings. The predicted molar refractivity (Wildman–Crippen MR) is 125 cm³/mol. The number of hydrogen-bond acceptors (Lipinski definition) is 4. The highest BCUT2D eigenvalue weighted by molar-refractivity contribution is 8.27. The summed E-state index contributed by atoms with van der Waals surface area (Å²) in [6, 6.07) is 18.4. The van der Waals surface area contributed by atoms with Crippen molar-refractivity contribution in [1.82, 2.24) is 9.55 Å². The van der Waals surface area contributed by atoms with E-state index >= 15 is 0 Å². The molecule has 5 rings (SSSR count). The summed E-state index contributed by atoms with van der Waals surface area (Å²) < 4.78 is 2.84. The molecule has 0 bridgehead atoms. The van der Waals surface area contributed by atoms with Gasteiger partial charge in [-0.25, -0.2) is 0 Å². The summed E-state index contributed by atoms with van der Waals surface area (Å²) in [5.41, 5.74) is 4.11. The molecule has 0 saturated carbocycles. The second kappa shape index (κ2) is 7.13. The number of rotatable bonds is 3. The van der Waals surface area contributed by atoms with E-state index in [1.54, 1.807) is 23.4 Å².